The summed E-state index contributed by atoms with van der Waals surface area (Å²) in [7, 11) is 0. The van der Waals surface area contributed by atoms with Gasteiger partial charge in [0.15, 0.2) is 0 Å². The second kappa shape index (κ2) is 8.34. The number of hydrogen-bond donors (Lipinski definition) is 0. The summed E-state index contributed by atoms with van der Waals surface area (Å²) in [6.45, 7) is 11.9. The van der Waals surface area contributed by atoms with Crippen molar-refractivity contribution in [1.29, 1.82) is 0 Å². The van der Waals surface area contributed by atoms with Gasteiger partial charge in [0.1, 0.15) is 24.2 Å². The summed E-state index contributed by atoms with van der Waals surface area (Å²) in [5, 5.41) is 0. The van der Waals surface area contributed by atoms with E-state index in [4.69, 9.17) is 9.47 Å². The zero-order chi connectivity index (χ0) is 18.4. The van der Waals surface area contributed by atoms with Gasteiger partial charge in [-0.2, -0.15) is 0 Å². The zero-order valence-corrected chi connectivity index (χ0v) is 15.6. The van der Waals surface area contributed by atoms with E-state index in [1.54, 1.807) is 11.0 Å². The number of nitrogens with zero attached hydrogens (tertiary/aromatic N) is 2. The Morgan fingerprint density at radius 2 is 1.88 bits per heavy atom. The second-order valence-corrected chi connectivity index (χ2v) is 7.29. The number of ether oxygens (including phenoxy) is 2. The Labute approximate surface area is 149 Å². The molecule has 0 N–H and O–H groups in total. The van der Waals surface area contributed by atoms with Crippen LogP contribution in [0.25, 0.3) is 0 Å². The molecule has 2 rings (SSSR count). The van der Waals surface area contributed by atoms with Gasteiger partial charge in [-0.15, -0.1) is 0 Å². The van der Waals surface area contributed by atoms with Gasteiger partial charge in [-0.1, -0.05) is 0 Å². The quantitative estimate of drug-likeness (QED) is 0.766. The maximum atomic E-state index is 12.0. The smallest absolute Gasteiger partial charge is 0.410 e. The van der Waals surface area contributed by atoms with Gasteiger partial charge in [-0.3, -0.25) is 9.69 Å². The molecular formula is C19H28N2O4. The lowest BCUT2D eigenvalue weighted by molar-refractivity contribution is 0.0137. The van der Waals surface area contributed by atoms with E-state index in [0.717, 1.165) is 37.2 Å². The molecule has 1 fully saturated rings. The van der Waals surface area contributed by atoms with Gasteiger partial charge >= 0.3 is 6.09 Å². The summed E-state index contributed by atoms with van der Waals surface area (Å²) >= 11 is 0. The third-order valence-corrected chi connectivity index (χ3v) is 4.07. The summed E-state index contributed by atoms with van der Waals surface area (Å²) in [6, 6.07) is 5.47. The molecule has 1 heterocycles. The molecule has 0 atom stereocenters. The van der Waals surface area contributed by atoms with Crippen LogP contribution >= 0.6 is 0 Å². The fourth-order valence-corrected chi connectivity index (χ4v) is 2.64. The van der Waals surface area contributed by atoms with Gasteiger partial charge in [-0.05, 0) is 51.5 Å². The maximum Gasteiger partial charge on any atom is 0.410 e. The van der Waals surface area contributed by atoms with E-state index < -0.39 is 5.60 Å². The first kappa shape index (κ1) is 19.2. The summed E-state index contributed by atoms with van der Waals surface area (Å²) in [6.07, 6.45) is 0.609. The average Bonchev–Trinajstić information content (AvgIpc) is 2.54. The minimum absolute atomic E-state index is 0.242. The van der Waals surface area contributed by atoms with Gasteiger partial charge in [0, 0.05) is 38.3 Å². The van der Waals surface area contributed by atoms with Crippen molar-refractivity contribution < 1.29 is 19.1 Å². The SMILES string of the molecule is Cc1cc(OCCN2CCN(C(=O)OC(C)(C)C)CC2)ccc1C=O. The van der Waals surface area contributed by atoms with Crippen molar-refractivity contribution >= 4 is 12.4 Å². The minimum Gasteiger partial charge on any atom is -0.492 e. The van der Waals surface area contributed by atoms with Crippen LogP contribution in [0.2, 0.25) is 0 Å². The topological polar surface area (TPSA) is 59.1 Å². The maximum absolute atomic E-state index is 12.0. The van der Waals surface area contributed by atoms with E-state index in [-0.39, 0.29) is 6.09 Å². The number of amides is 1. The van der Waals surface area contributed by atoms with Crippen LogP contribution in [-0.2, 0) is 4.74 Å². The van der Waals surface area contributed by atoms with Crippen molar-refractivity contribution in [2.75, 3.05) is 39.3 Å². The summed E-state index contributed by atoms with van der Waals surface area (Å²) < 4.78 is 11.2. The largest absolute Gasteiger partial charge is 0.492 e. The average molecular weight is 348 g/mol. The lowest BCUT2D eigenvalue weighted by atomic mass is 10.1. The summed E-state index contributed by atoms with van der Waals surface area (Å²) in [4.78, 5) is 26.9. The monoisotopic (exact) mass is 348 g/mol. The van der Waals surface area contributed by atoms with E-state index in [9.17, 15) is 9.59 Å². The molecule has 6 nitrogen and oxygen atoms in total. The second-order valence-electron chi connectivity index (χ2n) is 7.29. The predicted molar refractivity (Wildman–Crippen MR) is 96.3 cm³/mol. The van der Waals surface area contributed by atoms with Crippen molar-refractivity contribution in [2.24, 2.45) is 0 Å². The Morgan fingerprint density at radius 3 is 2.44 bits per heavy atom. The minimum atomic E-state index is -0.459. The van der Waals surface area contributed by atoms with Crippen LogP contribution < -0.4 is 4.74 Å². The number of carbonyl (C=O) groups is 2. The highest BCUT2D eigenvalue weighted by Gasteiger charge is 2.25. The molecule has 25 heavy (non-hydrogen) atoms. The highest BCUT2D eigenvalue weighted by molar-refractivity contribution is 5.77. The molecule has 1 saturated heterocycles. The van der Waals surface area contributed by atoms with E-state index >= 15 is 0 Å². The summed E-state index contributed by atoms with van der Waals surface area (Å²) in [5.41, 5.74) is 1.14. The molecule has 0 bridgehead atoms. The van der Waals surface area contributed by atoms with E-state index in [1.165, 1.54) is 0 Å². The highest BCUT2D eigenvalue weighted by Crippen LogP contribution is 2.16. The van der Waals surface area contributed by atoms with Gasteiger partial charge in [0.2, 0.25) is 0 Å². The summed E-state index contributed by atoms with van der Waals surface area (Å²) in [5.74, 6) is 0.774. The van der Waals surface area contributed by atoms with E-state index in [1.807, 2.05) is 39.8 Å². The van der Waals surface area contributed by atoms with Crippen molar-refractivity contribution in [3.63, 3.8) is 0 Å². The van der Waals surface area contributed by atoms with Crippen molar-refractivity contribution in [3.05, 3.63) is 29.3 Å². The van der Waals surface area contributed by atoms with Crippen LogP contribution in [-0.4, -0.2) is 67.1 Å². The standard InChI is InChI=1S/C19H28N2O4/c1-15-13-17(6-5-16(15)14-22)24-12-11-20-7-9-21(10-8-20)18(23)25-19(2,3)4/h5-6,13-14H,7-12H2,1-4H3. The molecule has 1 aromatic rings. The Hall–Kier alpha value is -2.08. The third-order valence-electron chi connectivity index (χ3n) is 4.07. The molecule has 0 radical (unpaired) electrons. The number of benzene rings is 1. The predicted octanol–water partition coefficient (Wildman–Crippen LogP) is 2.74. The van der Waals surface area contributed by atoms with E-state index in [2.05, 4.69) is 4.90 Å². The van der Waals surface area contributed by atoms with Crippen molar-refractivity contribution in [1.82, 2.24) is 9.80 Å². The number of hydrogen-bond acceptors (Lipinski definition) is 5. The van der Waals surface area contributed by atoms with Gasteiger partial charge in [0.25, 0.3) is 0 Å². The highest BCUT2D eigenvalue weighted by atomic mass is 16.6. The first-order chi connectivity index (χ1) is 11.8. The lowest BCUT2D eigenvalue weighted by Gasteiger charge is -2.35. The van der Waals surface area contributed by atoms with Crippen molar-refractivity contribution in [2.45, 2.75) is 33.3 Å². The Bertz CT molecular complexity index is 602. The van der Waals surface area contributed by atoms with E-state index in [0.29, 0.717) is 25.3 Å². The van der Waals surface area contributed by atoms with Crippen molar-refractivity contribution in [3.8, 4) is 5.75 Å². The molecular weight excluding hydrogens is 320 g/mol. The third kappa shape index (κ3) is 6.05. The van der Waals surface area contributed by atoms with Gasteiger partial charge in [0.05, 0.1) is 0 Å². The molecule has 1 aliphatic rings. The van der Waals surface area contributed by atoms with Crippen LogP contribution in [0.15, 0.2) is 18.2 Å². The van der Waals surface area contributed by atoms with Crippen LogP contribution in [0.5, 0.6) is 5.75 Å². The number of carbonyl (C=O) groups excluding carboxylic acids is 2. The van der Waals surface area contributed by atoms with Gasteiger partial charge in [-0.25, -0.2) is 4.79 Å². The number of piperazine rings is 1. The molecule has 0 aromatic heterocycles. The normalized spacial score (nSPS) is 15.8. The number of rotatable bonds is 5. The Kier molecular flexibility index (Phi) is 6.42. The molecule has 1 aromatic carbocycles. The van der Waals surface area contributed by atoms with Gasteiger partial charge < -0.3 is 14.4 Å². The first-order valence-electron chi connectivity index (χ1n) is 8.67. The molecule has 1 amide bonds. The molecule has 6 heteroatoms. The molecule has 0 aliphatic carbocycles. The Balaban J connectivity index is 1.71. The number of aryl methyl sites for hydroxylation is 1. The Morgan fingerprint density at radius 1 is 1.20 bits per heavy atom. The first-order valence-corrected chi connectivity index (χ1v) is 8.67. The lowest BCUT2D eigenvalue weighted by Crippen LogP contribution is -2.50. The zero-order valence-electron chi connectivity index (χ0n) is 15.6. The molecule has 0 spiro atoms. The molecule has 0 unspecified atom stereocenters. The van der Waals surface area contributed by atoms with Crippen LogP contribution in [0.3, 0.4) is 0 Å². The van der Waals surface area contributed by atoms with Crippen LogP contribution in [0.4, 0.5) is 4.79 Å². The molecule has 0 saturated carbocycles. The van der Waals surface area contributed by atoms with Crippen LogP contribution in [0, 0.1) is 6.92 Å². The molecule has 138 valence electrons. The van der Waals surface area contributed by atoms with Crippen LogP contribution in [0.1, 0.15) is 36.7 Å². The fourth-order valence-electron chi connectivity index (χ4n) is 2.64. The fraction of sp³-hybridized carbons (Fsp3) is 0.579. The number of aldehydes is 1. The molecule has 1 aliphatic heterocycles.